The van der Waals surface area contributed by atoms with E-state index in [0.29, 0.717) is 11.5 Å². The maximum absolute atomic E-state index is 12.6. The summed E-state index contributed by atoms with van der Waals surface area (Å²) in [5.74, 6) is 0.0573. The Kier molecular flexibility index (Phi) is 3.96. The normalized spacial score (nSPS) is 10.6. The van der Waals surface area contributed by atoms with Crippen molar-refractivity contribution in [2.24, 2.45) is 0 Å². The number of hydrogen-bond donors (Lipinski definition) is 0. The molecule has 23 heavy (non-hydrogen) atoms. The molecule has 8 nitrogen and oxygen atoms in total. The Bertz CT molecular complexity index is 752. The van der Waals surface area contributed by atoms with Gasteiger partial charge in [-0.3, -0.25) is 14.9 Å². The second-order valence-electron chi connectivity index (χ2n) is 4.71. The lowest BCUT2D eigenvalue weighted by molar-refractivity contribution is -0.402. The van der Waals surface area contributed by atoms with Gasteiger partial charge in [0.1, 0.15) is 16.4 Å². The zero-order valence-corrected chi connectivity index (χ0v) is 11.9. The van der Waals surface area contributed by atoms with Gasteiger partial charge in [-0.15, -0.1) is 0 Å². The molecular weight excluding hydrogens is 304 g/mol. The summed E-state index contributed by atoms with van der Waals surface area (Å²) in [4.78, 5) is 24.0. The minimum Gasteiger partial charge on any atom is -0.467 e. The Morgan fingerprint density at radius 3 is 2.09 bits per heavy atom. The highest BCUT2D eigenvalue weighted by atomic mass is 16.6. The highest BCUT2D eigenvalue weighted by Gasteiger charge is 2.24. The molecule has 118 valence electrons. The van der Waals surface area contributed by atoms with E-state index in [-0.39, 0.29) is 18.8 Å². The highest BCUT2D eigenvalue weighted by Crippen LogP contribution is 2.20. The van der Waals surface area contributed by atoms with Crippen LogP contribution < -0.4 is 0 Å². The molecule has 0 bridgehead atoms. The number of nitrogens with zero attached hydrogens (tertiary/aromatic N) is 2. The van der Waals surface area contributed by atoms with E-state index in [4.69, 9.17) is 13.3 Å². The fraction of sp³-hybridized carbons (Fsp3) is 0.133. The van der Waals surface area contributed by atoms with Gasteiger partial charge in [-0.05, 0) is 30.3 Å². The smallest absolute Gasteiger partial charge is 0.433 e. The monoisotopic (exact) mass is 316 g/mol. The SMILES string of the molecule is O=C(c1ccc([N+](=O)[O-])o1)N(Cc1ccco1)Cc1ccco1. The predicted molar refractivity (Wildman–Crippen MR) is 76.4 cm³/mol. The standard InChI is InChI=1S/C15H12N2O6/c18-15(13-5-6-14(23-13)17(19)20)16(9-11-3-1-7-21-11)10-12-4-2-8-22-12/h1-8H,9-10H2. The molecule has 0 atom stereocenters. The van der Waals surface area contributed by atoms with Crippen LogP contribution in [0.15, 0.2) is 62.2 Å². The Labute approximate surface area is 130 Å². The van der Waals surface area contributed by atoms with Crippen LogP contribution in [0.1, 0.15) is 22.1 Å². The Hall–Kier alpha value is -3.29. The molecule has 8 heteroatoms. The number of hydrogen-bond acceptors (Lipinski definition) is 6. The van der Waals surface area contributed by atoms with Crippen LogP contribution in [0.5, 0.6) is 0 Å². The van der Waals surface area contributed by atoms with E-state index in [0.717, 1.165) is 6.07 Å². The second-order valence-corrected chi connectivity index (χ2v) is 4.71. The molecule has 0 saturated carbocycles. The van der Waals surface area contributed by atoms with Crippen LogP contribution in [0.25, 0.3) is 0 Å². The van der Waals surface area contributed by atoms with E-state index in [2.05, 4.69) is 0 Å². The summed E-state index contributed by atoms with van der Waals surface area (Å²) in [5, 5.41) is 10.7. The van der Waals surface area contributed by atoms with Crippen LogP contribution in [-0.2, 0) is 13.1 Å². The van der Waals surface area contributed by atoms with Gasteiger partial charge in [0.25, 0.3) is 5.91 Å². The van der Waals surface area contributed by atoms with Crippen LogP contribution in [0.3, 0.4) is 0 Å². The van der Waals surface area contributed by atoms with Crippen molar-refractivity contribution >= 4 is 11.8 Å². The summed E-state index contributed by atoms with van der Waals surface area (Å²) in [6.45, 7) is 0.363. The molecule has 0 fully saturated rings. The Balaban J connectivity index is 1.83. The molecule has 0 radical (unpaired) electrons. The van der Waals surface area contributed by atoms with Crippen molar-refractivity contribution in [2.45, 2.75) is 13.1 Å². The van der Waals surface area contributed by atoms with Crippen LogP contribution >= 0.6 is 0 Å². The van der Waals surface area contributed by atoms with Crippen molar-refractivity contribution in [3.63, 3.8) is 0 Å². The molecule has 0 N–H and O–H groups in total. The number of carbonyl (C=O) groups is 1. The van der Waals surface area contributed by atoms with Crippen molar-refractivity contribution < 1.29 is 23.0 Å². The lowest BCUT2D eigenvalue weighted by Crippen LogP contribution is -2.29. The minimum atomic E-state index is -0.694. The number of nitro groups is 1. The molecular formula is C15H12N2O6. The largest absolute Gasteiger partial charge is 0.467 e. The summed E-state index contributed by atoms with van der Waals surface area (Å²) < 4.78 is 15.5. The van der Waals surface area contributed by atoms with E-state index < -0.39 is 16.7 Å². The fourth-order valence-electron chi connectivity index (χ4n) is 2.08. The molecule has 0 saturated heterocycles. The van der Waals surface area contributed by atoms with Crippen molar-refractivity contribution in [1.82, 2.24) is 4.90 Å². The number of furan rings is 3. The average molecular weight is 316 g/mol. The Morgan fingerprint density at radius 1 is 1.04 bits per heavy atom. The topological polar surface area (TPSA) is 103 Å². The molecule has 0 unspecified atom stereocenters. The quantitative estimate of drug-likeness (QED) is 0.511. The van der Waals surface area contributed by atoms with Gasteiger partial charge in [0.15, 0.2) is 5.76 Å². The molecule has 3 heterocycles. The lowest BCUT2D eigenvalue weighted by atomic mass is 10.3. The lowest BCUT2D eigenvalue weighted by Gasteiger charge is -2.19. The predicted octanol–water partition coefficient (Wildman–Crippen LogP) is 3.22. The van der Waals surface area contributed by atoms with Gasteiger partial charge in [0, 0.05) is 0 Å². The minimum absolute atomic E-state index is 0.116. The molecule has 3 aromatic heterocycles. The molecule has 0 aliphatic carbocycles. The van der Waals surface area contributed by atoms with Gasteiger partial charge >= 0.3 is 5.88 Å². The zero-order valence-electron chi connectivity index (χ0n) is 11.9. The third-order valence-electron chi connectivity index (χ3n) is 3.12. The molecule has 0 aliphatic rings. The van der Waals surface area contributed by atoms with Gasteiger partial charge in [-0.1, -0.05) is 0 Å². The van der Waals surface area contributed by atoms with Crippen molar-refractivity contribution in [3.05, 3.63) is 76.3 Å². The molecule has 0 spiro atoms. The molecule has 0 aromatic carbocycles. The van der Waals surface area contributed by atoms with Crippen molar-refractivity contribution in [2.75, 3.05) is 0 Å². The fourth-order valence-corrected chi connectivity index (χ4v) is 2.08. The highest BCUT2D eigenvalue weighted by molar-refractivity contribution is 5.91. The molecule has 3 aromatic rings. The number of carbonyl (C=O) groups excluding carboxylic acids is 1. The zero-order chi connectivity index (χ0) is 16.2. The summed E-state index contributed by atoms with van der Waals surface area (Å²) in [6.07, 6.45) is 3.01. The second kappa shape index (κ2) is 6.22. The first-order chi connectivity index (χ1) is 11.1. The van der Waals surface area contributed by atoms with Crippen molar-refractivity contribution in [1.29, 1.82) is 0 Å². The van der Waals surface area contributed by atoms with Crippen LogP contribution in [0, 0.1) is 10.1 Å². The average Bonchev–Trinajstić information content (AvgIpc) is 3.28. The van der Waals surface area contributed by atoms with E-state index >= 15 is 0 Å². The van der Waals surface area contributed by atoms with Gasteiger partial charge in [-0.2, -0.15) is 0 Å². The number of amides is 1. The summed E-state index contributed by atoms with van der Waals surface area (Å²) in [6, 6.07) is 9.30. The van der Waals surface area contributed by atoms with Crippen LogP contribution in [0.2, 0.25) is 0 Å². The summed E-state index contributed by atoms with van der Waals surface area (Å²) in [5.41, 5.74) is 0. The van der Waals surface area contributed by atoms with Crippen LogP contribution in [0.4, 0.5) is 5.88 Å². The maximum atomic E-state index is 12.6. The van der Waals surface area contributed by atoms with Crippen LogP contribution in [-0.4, -0.2) is 15.7 Å². The Morgan fingerprint density at radius 2 is 1.65 bits per heavy atom. The first-order valence-corrected chi connectivity index (χ1v) is 6.72. The van der Waals surface area contributed by atoms with Gasteiger partial charge in [0.05, 0.1) is 31.7 Å². The molecule has 0 aliphatic heterocycles. The maximum Gasteiger partial charge on any atom is 0.433 e. The van der Waals surface area contributed by atoms with Crippen molar-refractivity contribution in [3.8, 4) is 0 Å². The molecule has 3 rings (SSSR count). The van der Waals surface area contributed by atoms with Gasteiger partial charge < -0.3 is 18.2 Å². The van der Waals surface area contributed by atoms with E-state index in [1.807, 2.05) is 0 Å². The third kappa shape index (κ3) is 3.31. The first-order valence-electron chi connectivity index (χ1n) is 6.72. The van der Waals surface area contributed by atoms with Gasteiger partial charge in [0.2, 0.25) is 0 Å². The van der Waals surface area contributed by atoms with E-state index in [1.165, 1.54) is 23.5 Å². The third-order valence-corrected chi connectivity index (χ3v) is 3.12. The molecule has 1 amide bonds. The van der Waals surface area contributed by atoms with E-state index in [1.54, 1.807) is 24.3 Å². The first kappa shape index (κ1) is 14.6. The summed E-state index contributed by atoms with van der Waals surface area (Å²) in [7, 11) is 0. The number of rotatable bonds is 6. The van der Waals surface area contributed by atoms with E-state index in [9.17, 15) is 14.9 Å². The van der Waals surface area contributed by atoms with Gasteiger partial charge in [-0.25, -0.2) is 0 Å². The summed E-state index contributed by atoms with van der Waals surface area (Å²) >= 11 is 0.